The predicted octanol–water partition coefficient (Wildman–Crippen LogP) is 2.66. The maximum absolute atomic E-state index is 13.6. The van der Waals surface area contributed by atoms with Crippen molar-refractivity contribution in [2.75, 3.05) is 26.3 Å². The molecule has 1 unspecified atom stereocenters. The number of aromatic nitrogens is 4. The van der Waals surface area contributed by atoms with Crippen molar-refractivity contribution in [1.82, 2.24) is 24.2 Å². The van der Waals surface area contributed by atoms with Gasteiger partial charge < -0.3 is 9.26 Å². The normalized spacial score (nSPS) is 23.0. The Kier molecular flexibility index (Phi) is 4.91. The topological polar surface area (TPSA) is 103 Å². The molecular formula is C21H27N5O4S. The van der Waals surface area contributed by atoms with Gasteiger partial charge in [-0.1, -0.05) is 19.0 Å². The monoisotopic (exact) mass is 445 g/mol. The second-order valence-corrected chi connectivity index (χ2v) is 11.2. The molecule has 0 radical (unpaired) electrons. The van der Waals surface area contributed by atoms with Crippen molar-refractivity contribution in [2.24, 2.45) is 12.5 Å². The van der Waals surface area contributed by atoms with E-state index in [1.54, 1.807) is 15.1 Å². The lowest BCUT2D eigenvalue weighted by Gasteiger charge is -2.24. The lowest BCUT2D eigenvalue weighted by atomic mass is 9.79. The average Bonchev–Trinajstić information content (AvgIpc) is 3.44. The molecule has 0 amide bonds. The number of ether oxygens (including phenoxy) is 1. The average molecular weight is 446 g/mol. The van der Waals surface area contributed by atoms with E-state index < -0.39 is 10.0 Å². The second kappa shape index (κ2) is 7.39. The maximum Gasteiger partial charge on any atom is 0.258 e. The first kappa shape index (κ1) is 20.6. The Labute approximate surface area is 181 Å². The molecule has 0 bridgehead atoms. The molecule has 3 aromatic rings. The van der Waals surface area contributed by atoms with Gasteiger partial charge in [0.05, 0.1) is 23.5 Å². The molecule has 31 heavy (non-hydrogen) atoms. The molecule has 9 nitrogen and oxygen atoms in total. The molecule has 0 N–H and O–H groups in total. The highest BCUT2D eigenvalue weighted by Crippen LogP contribution is 2.44. The zero-order valence-electron chi connectivity index (χ0n) is 18.0. The van der Waals surface area contributed by atoms with Crippen molar-refractivity contribution in [2.45, 2.75) is 43.4 Å². The van der Waals surface area contributed by atoms with Crippen molar-refractivity contribution in [3.8, 4) is 0 Å². The summed E-state index contributed by atoms with van der Waals surface area (Å²) >= 11 is 0. The first-order valence-electron chi connectivity index (χ1n) is 10.6. The molecule has 2 aliphatic heterocycles. The van der Waals surface area contributed by atoms with Crippen molar-refractivity contribution in [1.29, 1.82) is 0 Å². The van der Waals surface area contributed by atoms with Gasteiger partial charge in [-0.15, -0.1) is 0 Å². The van der Waals surface area contributed by atoms with Crippen LogP contribution in [0.15, 0.2) is 34.1 Å². The van der Waals surface area contributed by atoms with Crippen LogP contribution < -0.4 is 0 Å². The van der Waals surface area contributed by atoms with Gasteiger partial charge in [0, 0.05) is 51.4 Å². The summed E-state index contributed by atoms with van der Waals surface area (Å²) < 4.78 is 41.2. The largest absolute Gasteiger partial charge is 0.381 e. The number of sulfonamides is 1. The number of hydrogen-bond donors (Lipinski definition) is 0. The van der Waals surface area contributed by atoms with Gasteiger partial charge in [-0.05, 0) is 29.9 Å². The summed E-state index contributed by atoms with van der Waals surface area (Å²) in [7, 11) is -1.84. The zero-order valence-corrected chi connectivity index (χ0v) is 18.8. The van der Waals surface area contributed by atoms with E-state index in [4.69, 9.17) is 9.26 Å². The highest BCUT2D eigenvalue weighted by atomic mass is 32.2. The van der Waals surface area contributed by atoms with Crippen LogP contribution in [0, 0.1) is 5.41 Å². The predicted molar refractivity (Wildman–Crippen MR) is 113 cm³/mol. The fourth-order valence-corrected chi connectivity index (χ4v) is 6.43. The molecule has 0 aliphatic carbocycles. The van der Waals surface area contributed by atoms with Crippen molar-refractivity contribution in [3.05, 3.63) is 35.9 Å². The summed E-state index contributed by atoms with van der Waals surface area (Å²) in [5.41, 5.74) is 1.99. The fraction of sp³-hybridized carbons (Fsp3) is 0.571. The van der Waals surface area contributed by atoms with Gasteiger partial charge in [-0.3, -0.25) is 4.68 Å². The van der Waals surface area contributed by atoms with Gasteiger partial charge in [0.25, 0.3) is 5.71 Å². The van der Waals surface area contributed by atoms with Crippen LogP contribution in [0.25, 0.3) is 11.1 Å². The first-order chi connectivity index (χ1) is 14.8. The SMILES string of the molecule is Cn1cc(C2CN(S(=O)(=O)c3cnc4onc(C5CCOCC5)c4c3)CC2(C)C)cn1. The smallest absolute Gasteiger partial charge is 0.258 e. The second-order valence-electron chi connectivity index (χ2n) is 9.26. The van der Waals surface area contributed by atoms with Gasteiger partial charge in [-0.2, -0.15) is 9.40 Å². The van der Waals surface area contributed by atoms with E-state index in [2.05, 4.69) is 29.1 Å². The Balaban J connectivity index is 1.48. The van der Waals surface area contributed by atoms with E-state index in [1.165, 1.54) is 6.20 Å². The third kappa shape index (κ3) is 3.56. The van der Waals surface area contributed by atoms with E-state index in [0.29, 0.717) is 37.4 Å². The minimum absolute atomic E-state index is 0.0704. The van der Waals surface area contributed by atoms with E-state index in [-0.39, 0.29) is 22.1 Å². The quantitative estimate of drug-likeness (QED) is 0.608. The summed E-state index contributed by atoms with van der Waals surface area (Å²) in [6.45, 7) is 6.39. The molecule has 10 heteroatoms. The number of nitrogens with zero attached hydrogens (tertiary/aromatic N) is 5. The third-order valence-corrected chi connectivity index (χ3v) is 8.40. The van der Waals surface area contributed by atoms with Crippen LogP contribution >= 0.6 is 0 Å². The minimum Gasteiger partial charge on any atom is -0.381 e. The van der Waals surface area contributed by atoms with Crippen LogP contribution in [-0.2, 0) is 21.8 Å². The Morgan fingerprint density at radius 3 is 2.68 bits per heavy atom. The van der Waals surface area contributed by atoms with Gasteiger partial charge >= 0.3 is 0 Å². The maximum atomic E-state index is 13.6. The van der Waals surface area contributed by atoms with Gasteiger partial charge in [-0.25, -0.2) is 13.4 Å². The van der Waals surface area contributed by atoms with Crippen LogP contribution in [0.4, 0.5) is 0 Å². The minimum atomic E-state index is -3.71. The molecule has 2 aliphatic rings. The van der Waals surface area contributed by atoms with E-state index in [9.17, 15) is 8.42 Å². The molecule has 5 rings (SSSR count). The van der Waals surface area contributed by atoms with Crippen LogP contribution in [0.3, 0.4) is 0 Å². The summed E-state index contributed by atoms with van der Waals surface area (Å²) in [4.78, 5) is 4.45. The molecule has 0 saturated carbocycles. The lowest BCUT2D eigenvalue weighted by Crippen LogP contribution is -2.30. The van der Waals surface area contributed by atoms with E-state index in [1.807, 2.05) is 19.4 Å². The molecule has 166 valence electrons. The molecule has 0 aromatic carbocycles. The summed E-state index contributed by atoms with van der Waals surface area (Å²) in [5, 5.41) is 9.15. The van der Waals surface area contributed by atoms with Crippen molar-refractivity contribution < 1.29 is 17.7 Å². The number of fused-ring (bicyclic) bond motifs is 1. The number of aryl methyl sites for hydroxylation is 1. The van der Waals surface area contributed by atoms with Crippen LogP contribution in [-0.4, -0.2) is 58.9 Å². The van der Waals surface area contributed by atoms with Crippen LogP contribution in [0.1, 0.15) is 49.8 Å². The molecule has 2 fully saturated rings. The Morgan fingerprint density at radius 1 is 1.19 bits per heavy atom. The number of pyridine rings is 1. The standard InChI is InChI=1S/C21H27N5O4S/c1-21(2)13-26(12-18(21)15-9-23-25(3)11-15)31(27,28)16-8-17-19(14-4-6-29-7-5-14)24-30-20(17)22-10-16/h8-11,14,18H,4-7,12-13H2,1-3H3. The molecular weight excluding hydrogens is 418 g/mol. The molecule has 2 saturated heterocycles. The Bertz CT molecular complexity index is 1210. The Hall–Kier alpha value is -2.30. The number of rotatable bonds is 4. The Morgan fingerprint density at radius 2 is 1.97 bits per heavy atom. The molecule has 3 aromatic heterocycles. The van der Waals surface area contributed by atoms with Gasteiger partial charge in [0.2, 0.25) is 10.0 Å². The van der Waals surface area contributed by atoms with E-state index >= 15 is 0 Å². The highest BCUT2D eigenvalue weighted by Gasteiger charge is 2.45. The van der Waals surface area contributed by atoms with Crippen molar-refractivity contribution >= 4 is 21.1 Å². The summed E-state index contributed by atoms with van der Waals surface area (Å²) in [6.07, 6.45) is 6.85. The zero-order chi connectivity index (χ0) is 21.8. The third-order valence-electron chi connectivity index (χ3n) is 6.62. The first-order valence-corrected chi connectivity index (χ1v) is 12.0. The molecule has 1 atom stereocenters. The van der Waals surface area contributed by atoms with Crippen LogP contribution in [0.5, 0.6) is 0 Å². The van der Waals surface area contributed by atoms with Crippen LogP contribution in [0.2, 0.25) is 0 Å². The summed E-state index contributed by atoms with van der Waals surface area (Å²) in [6, 6.07) is 1.67. The number of hydrogen-bond acceptors (Lipinski definition) is 7. The molecule has 5 heterocycles. The van der Waals surface area contributed by atoms with Gasteiger partial charge in [0.1, 0.15) is 4.90 Å². The fourth-order valence-electron chi connectivity index (χ4n) is 4.83. The highest BCUT2D eigenvalue weighted by molar-refractivity contribution is 7.89. The summed E-state index contributed by atoms with van der Waals surface area (Å²) in [5.74, 6) is 0.261. The lowest BCUT2D eigenvalue weighted by molar-refractivity contribution is 0.0840. The molecule has 0 spiro atoms. The van der Waals surface area contributed by atoms with Crippen molar-refractivity contribution in [3.63, 3.8) is 0 Å². The van der Waals surface area contributed by atoms with Gasteiger partial charge in [0.15, 0.2) is 0 Å². The van der Waals surface area contributed by atoms with E-state index in [0.717, 1.165) is 24.1 Å².